The Hall–Kier alpha value is -3.88. The Kier molecular flexibility index (Phi) is 6.51. The van der Waals surface area contributed by atoms with E-state index in [-0.39, 0.29) is 23.8 Å². The Bertz CT molecular complexity index is 1420. The number of nitrogens with two attached hydrogens (primary N) is 1. The zero-order valence-electron chi connectivity index (χ0n) is 20.1. The van der Waals surface area contributed by atoms with Crippen molar-refractivity contribution in [2.75, 3.05) is 0 Å². The van der Waals surface area contributed by atoms with Crippen LogP contribution in [0.5, 0.6) is 5.75 Å². The lowest BCUT2D eigenvalue weighted by Crippen LogP contribution is -2.26. The number of primary amides is 1. The summed E-state index contributed by atoms with van der Waals surface area (Å²) in [5.74, 6) is -0.0778. The summed E-state index contributed by atoms with van der Waals surface area (Å²) in [6.45, 7) is 5.44. The first-order valence-electron chi connectivity index (χ1n) is 11.7. The van der Waals surface area contributed by atoms with Gasteiger partial charge in [-0.3, -0.25) is 9.59 Å². The number of phenolic OH excluding ortho intramolecular Hbond substituents is 1. The van der Waals surface area contributed by atoms with Gasteiger partial charge in [-0.05, 0) is 60.9 Å². The molecule has 3 aromatic rings. The van der Waals surface area contributed by atoms with E-state index in [4.69, 9.17) is 14.8 Å². The van der Waals surface area contributed by atoms with Crippen LogP contribution in [0.2, 0.25) is 0 Å². The van der Waals surface area contributed by atoms with Gasteiger partial charge in [-0.15, -0.1) is 0 Å². The number of aromatic nitrogens is 2. The molecule has 9 nitrogen and oxygen atoms in total. The minimum atomic E-state index is -1.39. The van der Waals surface area contributed by atoms with Crippen molar-refractivity contribution in [3.8, 4) is 17.1 Å². The third-order valence-corrected chi connectivity index (χ3v) is 6.62. The maximum Gasteiger partial charge on any atom is 0.506 e. The van der Waals surface area contributed by atoms with Crippen LogP contribution in [0.1, 0.15) is 60.1 Å². The van der Waals surface area contributed by atoms with E-state index in [0.29, 0.717) is 18.5 Å². The number of fused-ring (bicyclic) bond motifs is 4. The molecule has 0 saturated heterocycles. The molecule has 1 aliphatic carbocycles. The lowest BCUT2D eigenvalue weighted by molar-refractivity contribution is -0.115. The zero-order valence-corrected chi connectivity index (χ0v) is 20.1. The van der Waals surface area contributed by atoms with E-state index in [0.717, 1.165) is 70.2 Å². The number of rotatable bonds is 4. The van der Waals surface area contributed by atoms with Crippen LogP contribution in [0, 0.1) is 6.92 Å². The maximum atomic E-state index is 13.3. The molecule has 4 N–H and O–H groups in total. The Morgan fingerprint density at radius 2 is 1.89 bits per heavy atom. The second-order valence-corrected chi connectivity index (χ2v) is 9.00. The van der Waals surface area contributed by atoms with Crippen LogP contribution in [0.4, 0.5) is 4.79 Å². The molecule has 35 heavy (non-hydrogen) atoms. The molecule has 1 amide bonds. The van der Waals surface area contributed by atoms with Crippen LogP contribution in [-0.2, 0) is 41.9 Å². The van der Waals surface area contributed by atoms with Crippen molar-refractivity contribution in [2.24, 2.45) is 5.73 Å². The molecule has 0 bridgehead atoms. The second kappa shape index (κ2) is 9.40. The van der Waals surface area contributed by atoms with Crippen molar-refractivity contribution < 1.29 is 24.5 Å². The van der Waals surface area contributed by atoms with Crippen molar-refractivity contribution in [1.82, 2.24) is 9.55 Å². The second-order valence-electron chi connectivity index (χ2n) is 9.00. The molecule has 0 spiro atoms. The predicted octanol–water partition coefficient (Wildman–Crippen LogP) is 3.57. The number of pyridine rings is 2. The van der Waals surface area contributed by atoms with Crippen molar-refractivity contribution in [3.63, 3.8) is 0 Å². The monoisotopic (exact) mass is 479 g/mol. The average molecular weight is 480 g/mol. The van der Waals surface area contributed by atoms with Gasteiger partial charge in [0.1, 0.15) is 12.4 Å². The van der Waals surface area contributed by atoms with E-state index in [9.17, 15) is 19.5 Å². The van der Waals surface area contributed by atoms with Crippen LogP contribution >= 0.6 is 0 Å². The first kappa shape index (κ1) is 24.3. The third-order valence-electron chi connectivity index (χ3n) is 6.62. The molecule has 0 atom stereocenters. The third kappa shape index (κ3) is 4.34. The van der Waals surface area contributed by atoms with Gasteiger partial charge in [0.25, 0.3) is 5.56 Å². The van der Waals surface area contributed by atoms with Crippen LogP contribution in [-0.4, -0.2) is 31.8 Å². The molecule has 2 aliphatic rings. The summed E-state index contributed by atoms with van der Waals surface area (Å²) in [5, 5.41) is 20.5. The SMILES string of the molecule is CC(N)=O.CCCc1cc2n(c(=O)c1COC(=O)O)Cc1c-2nc2cc(O)c(C)c3c2c1CCC3. The van der Waals surface area contributed by atoms with Gasteiger partial charge in [0, 0.05) is 23.9 Å². The van der Waals surface area contributed by atoms with Crippen LogP contribution in [0.25, 0.3) is 22.3 Å². The largest absolute Gasteiger partial charge is 0.508 e. The number of carbonyl (C=O) groups is 2. The van der Waals surface area contributed by atoms with Crippen LogP contribution < -0.4 is 11.3 Å². The van der Waals surface area contributed by atoms with E-state index in [1.807, 2.05) is 19.9 Å². The molecule has 1 aromatic carbocycles. The maximum absolute atomic E-state index is 13.3. The highest BCUT2D eigenvalue weighted by Gasteiger charge is 2.30. The molecule has 0 unspecified atom stereocenters. The van der Waals surface area contributed by atoms with Gasteiger partial charge in [-0.1, -0.05) is 13.3 Å². The summed E-state index contributed by atoms with van der Waals surface area (Å²) < 4.78 is 6.44. The number of aryl methyl sites for hydroxylation is 3. The molecule has 0 fully saturated rings. The van der Waals surface area contributed by atoms with Gasteiger partial charge in [0.2, 0.25) is 5.91 Å². The minimum absolute atomic E-state index is 0.216. The number of carboxylic acid groups (broad SMARTS) is 1. The van der Waals surface area contributed by atoms with Gasteiger partial charge in [-0.2, -0.15) is 0 Å². The number of amides is 1. The highest BCUT2D eigenvalue weighted by molar-refractivity contribution is 5.93. The summed E-state index contributed by atoms with van der Waals surface area (Å²) in [6.07, 6.45) is 2.90. The van der Waals surface area contributed by atoms with Gasteiger partial charge < -0.3 is 25.3 Å². The Balaban J connectivity index is 0.000000672. The number of hydrogen-bond donors (Lipinski definition) is 3. The summed E-state index contributed by atoms with van der Waals surface area (Å²) in [6, 6.07) is 3.69. The summed E-state index contributed by atoms with van der Waals surface area (Å²) in [5.41, 5.74) is 12.1. The normalized spacial score (nSPS) is 13.0. The van der Waals surface area contributed by atoms with Crippen molar-refractivity contribution >= 4 is 23.0 Å². The number of aromatic hydroxyl groups is 1. The highest BCUT2D eigenvalue weighted by Crippen LogP contribution is 2.42. The smallest absolute Gasteiger partial charge is 0.506 e. The van der Waals surface area contributed by atoms with E-state index in [1.54, 1.807) is 10.6 Å². The van der Waals surface area contributed by atoms with Crippen molar-refractivity contribution in [2.45, 2.75) is 66.0 Å². The lowest BCUT2D eigenvalue weighted by atomic mass is 9.84. The fourth-order valence-electron chi connectivity index (χ4n) is 5.16. The van der Waals surface area contributed by atoms with E-state index >= 15 is 0 Å². The van der Waals surface area contributed by atoms with Gasteiger partial charge in [-0.25, -0.2) is 9.78 Å². The lowest BCUT2D eigenvalue weighted by Gasteiger charge is -2.22. The predicted molar refractivity (Wildman–Crippen MR) is 131 cm³/mol. The molecular formula is C26H29N3O6. The topological polar surface area (TPSA) is 145 Å². The molecule has 5 rings (SSSR count). The van der Waals surface area contributed by atoms with E-state index in [2.05, 4.69) is 5.73 Å². The number of carbonyl (C=O) groups excluding carboxylic acids is 1. The fraction of sp³-hybridized carbons (Fsp3) is 0.385. The van der Waals surface area contributed by atoms with Crippen molar-refractivity contribution in [3.05, 3.63) is 55.9 Å². The average Bonchev–Trinajstić information content (AvgIpc) is 3.16. The first-order chi connectivity index (χ1) is 16.6. The minimum Gasteiger partial charge on any atom is -0.508 e. The van der Waals surface area contributed by atoms with E-state index in [1.165, 1.54) is 12.5 Å². The molecule has 9 heteroatoms. The van der Waals surface area contributed by atoms with Crippen molar-refractivity contribution in [1.29, 1.82) is 0 Å². The molecule has 184 valence electrons. The molecule has 0 saturated carbocycles. The number of hydrogen-bond acceptors (Lipinski definition) is 6. The van der Waals surface area contributed by atoms with Crippen LogP contribution in [0.15, 0.2) is 16.9 Å². The highest BCUT2D eigenvalue weighted by atomic mass is 16.7. The number of benzene rings is 1. The molecule has 0 radical (unpaired) electrons. The molecular weight excluding hydrogens is 450 g/mol. The standard InChI is InChI=1S/C24H24N2O5.C2H5NO/c1-3-5-13-8-19-22-16(10-26(19)23(28)17(13)11-31-24(29)30)15-7-4-6-14-12(2)20(27)9-18(25-22)21(14)15;1-2(3)4/h8-9,27H,3-7,10-11H2,1-2H3,(H,29,30);1H3,(H2,3,4). The summed E-state index contributed by atoms with van der Waals surface area (Å²) in [4.78, 5) is 38.4. The summed E-state index contributed by atoms with van der Waals surface area (Å²) in [7, 11) is 0. The number of phenols is 1. The number of nitrogens with zero attached hydrogens (tertiary/aromatic N) is 2. The Morgan fingerprint density at radius 1 is 1.20 bits per heavy atom. The zero-order chi connectivity index (χ0) is 25.4. The van der Waals surface area contributed by atoms with Gasteiger partial charge in [0.05, 0.1) is 29.0 Å². The Morgan fingerprint density at radius 3 is 2.54 bits per heavy atom. The fourth-order valence-corrected chi connectivity index (χ4v) is 5.16. The Labute approximate surface area is 202 Å². The molecule has 2 aromatic heterocycles. The van der Waals surface area contributed by atoms with Crippen LogP contribution in [0.3, 0.4) is 0 Å². The van der Waals surface area contributed by atoms with Gasteiger partial charge >= 0.3 is 6.16 Å². The first-order valence-corrected chi connectivity index (χ1v) is 11.7. The molecule has 3 heterocycles. The van der Waals surface area contributed by atoms with E-state index < -0.39 is 6.16 Å². The quantitative estimate of drug-likeness (QED) is 0.379. The summed E-state index contributed by atoms with van der Waals surface area (Å²) >= 11 is 0. The molecule has 1 aliphatic heterocycles. The van der Waals surface area contributed by atoms with Gasteiger partial charge in [0.15, 0.2) is 0 Å². The number of ether oxygens (including phenoxy) is 1.